The van der Waals surface area contributed by atoms with Gasteiger partial charge in [0, 0.05) is 24.3 Å². The van der Waals surface area contributed by atoms with Crippen LogP contribution in [0, 0.1) is 6.92 Å². The van der Waals surface area contributed by atoms with Gasteiger partial charge in [0.05, 0.1) is 6.21 Å². The molecule has 2 aromatic rings. The van der Waals surface area contributed by atoms with E-state index in [-0.39, 0.29) is 5.91 Å². The number of rotatable bonds is 6. The molecule has 0 fully saturated rings. The van der Waals surface area contributed by atoms with Crippen molar-refractivity contribution in [2.75, 3.05) is 18.0 Å². The van der Waals surface area contributed by atoms with Crippen LogP contribution in [-0.4, -0.2) is 25.2 Å². The maximum Gasteiger partial charge on any atom is 0.271 e. The van der Waals surface area contributed by atoms with Crippen LogP contribution in [0.15, 0.2) is 45.9 Å². The molecule has 0 saturated carbocycles. The number of hydrogen-bond donors (Lipinski definition) is 1. The molecule has 0 saturated heterocycles. The van der Waals surface area contributed by atoms with Gasteiger partial charge in [-0.2, -0.15) is 5.10 Å². The van der Waals surface area contributed by atoms with Gasteiger partial charge in [0.25, 0.3) is 5.91 Å². The van der Waals surface area contributed by atoms with Gasteiger partial charge in [0.2, 0.25) is 0 Å². The molecule has 5 nitrogen and oxygen atoms in total. The molecule has 116 valence electrons. The van der Waals surface area contributed by atoms with Crippen LogP contribution in [0.25, 0.3) is 0 Å². The Bertz CT molecular complexity index is 640. The van der Waals surface area contributed by atoms with Gasteiger partial charge in [-0.05, 0) is 57.2 Å². The predicted octanol–water partition coefficient (Wildman–Crippen LogP) is 3.20. The van der Waals surface area contributed by atoms with Gasteiger partial charge in [-0.1, -0.05) is 0 Å². The van der Waals surface area contributed by atoms with Crippen LogP contribution >= 0.6 is 0 Å². The third-order valence-corrected chi connectivity index (χ3v) is 3.38. The molecule has 1 amide bonds. The lowest BCUT2D eigenvalue weighted by Crippen LogP contribution is -2.22. The fourth-order valence-electron chi connectivity index (χ4n) is 2.15. The number of anilines is 1. The Labute approximate surface area is 130 Å². The molecular formula is C17H21N3O2. The summed E-state index contributed by atoms with van der Waals surface area (Å²) in [6.07, 6.45) is 1.48. The lowest BCUT2D eigenvalue weighted by atomic mass is 10.2. The van der Waals surface area contributed by atoms with Gasteiger partial charge in [0.15, 0.2) is 0 Å². The third-order valence-electron chi connectivity index (χ3n) is 3.38. The van der Waals surface area contributed by atoms with Crippen LogP contribution < -0.4 is 10.3 Å². The fourth-order valence-corrected chi connectivity index (χ4v) is 2.15. The summed E-state index contributed by atoms with van der Waals surface area (Å²) in [7, 11) is 0. The van der Waals surface area contributed by atoms with E-state index in [9.17, 15) is 4.79 Å². The van der Waals surface area contributed by atoms with E-state index >= 15 is 0 Å². The summed E-state index contributed by atoms with van der Waals surface area (Å²) < 4.78 is 5.33. The largest absolute Gasteiger partial charge is 0.460 e. The summed E-state index contributed by atoms with van der Waals surface area (Å²) in [6.45, 7) is 7.95. The van der Waals surface area contributed by atoms with E-state index in [0.717, 1.165) is 24.5 Å². The molecule has 5 heteroatoms. The second-order valence-electron chi connectivity index (χ2n) is 4.87. The van der Waals surface area contributed by atoms with Crippen LogP contribution in [0.2, 0.25) is 0 Å². The Balaban J connectivity index is 1.96. The molecule has 0 aliphatic rings. The number of aryl methyl sites for hydroxylation is 1. The molecule has 22 heavy (non-hydrogen) atoms. The number of hydrogen-bond acceptors (Lipinski definition) is 4. The number of amides is 1. The van der Waals surface area contributed by atoms with Crippen LogP contribution in [-0.2, 0) is 0 Å². The van der Waals surface area contributed by atoms with Gasteiger partial charge in [0.1, 0.15) is 11.5 Å². The van der Waals surface area contributed by atoms with Crippen molar-refractivity contribution in [3.05, 3.63) is 53.5 Å². The highest BCUT2D eigenvalue weighted by Gasteiger charge is 2.06. The smallest absolute Gasteiger partial charge is 0.271 e. The molecule has 1 heterocycles. The first-order chi connectivity index (χ1) is 10.6. The summed E-state index contributed by atoms with van der Waals surface area (Å²) in [4.78, 5) is 14.2. The van der Waals surface area contributed by atoms with E-state index in [1.807, 2.05) is 25.1 Å². The highest BCUT2D eigenvalue weighted by atomic mass is 16.3. The zero-order valence-electron chi connectivity index (χ0n) is 13.2. The van der Waals surface area contributed by atoms with E-state index in [1.54, 1.807) is 18.2 Å². The summed E-state index contributed by atoms with van der Waals surface area (Å²) >= 11 is 0. The molecule has 0 atom stereocenters. The predicted molar refractivity (Wildman–Crippen MR) is 88.5 cm³/mol. The zero-order valence-corrected chi connectivity index (χ0v) is 13.2. The van der Waals surface area contributed by atoms with Gasteiger partial charge in [-0.25, -0.2) is 5.43 Å². The van der Waals surface area contributed by atoms with E-state index < -0.39 is 0 Å². The van der Waals surface area contributed by atoms with E-state index in [0.29, 0.717) is 11.3 Å². The lowest BCUT2D eigenvalue weighted by Gasteiger charge is -2.20. The topological polar surface area (TPSA) is 57.8 Å². The average molecular weight is 299 g/mol. The molecule has 0 bridgehead atoms. The van der Waals surface area contributed by atoms with Crippen LogP contribution in [0.5, 0.6) is 0 Å². The van der Waals surface area contributed by atoms with E-state index in [1.165, 1.54) is 6.21 Å². The SMILES string of the molecule is CCN(CC)c1ccc(C(=O)N/N=C/c2ccc(C)o2)cc1. The molecule has 1 aromatic heterocycles. The number of benzene rings is 1. The summed E-state index contributed by atoms with van der Waals surface area (Å²) in [6, 6.07) is 11.1. The van der Waals surface area contributed by atoms with Crippen molar-refractivity contribution in [3.8, 4) is 0 Å². The van der Waals surface area contributed by atoms with E-state index in [4.69, 9.17) is 4.42 Å². The molecule has 0 aliphatic carbocycles. The Morgan fingerprint density at radius 1 is 1.18 bits per heavy atom. The standard InChI is InChI=1S/C17H21N3O2/c1-4-20(5-2)15-9-7-14(8-10-15)17(21)19-18-12-16-11-6-13(3)22-16/h6-12H,4-5H2,1-3H3,(H,19,21)/b18-12+. The minimum Gasteiger partial charge on any atom is -0.460 e. The number of carbonyl (C=O) groups excluding carboxylic acids is 1. The lowest BCUT2D eigenvalue weighted by molar-refractivity contribution is 0.0955. The zero-order chi connectivity index (χ0) is 15.9. The van der Waals surface area contributed by atoms with Crippen LogP contribution in [0.3, 0.4) is 0 Å². The maximum absolute atomic E-state index is 12.0. The maximum atomic E-state index is 12.0. The Morgan fingerprint density at radius 3 is 2.41 bits per heavy atom. The fraction of sp³-hybridized carbons (Fsp3) is 0.294. The second-order valence-corrected chi connectivity index (χ2v) is 4.87. The Morgan fingerprint density at radius 2 is 1.86 bits per heavy atom. The van der Waals surface area contributed by atoms with Gasteiger partial charge in [-0.3, -0.25) is 4.79 Å². The van der Waals surface area contributed by atoms with Crippen molar-refractivity contribution < 1.29 is 9.21 Å². The van der Waals surface area contributed by atoms with Crippen molar-refractivity contribution in [2.45, 2.75) is 20.8 Å². The summed E-state index contributed by atoms with van der Waals surface area (Å²) in [5.41, 5.74) is 4.17. The first-order valence-electron chi connectivity index (χ1n) is 7.39. The first-order valence-corrected chi connectivity index (χ1v) is 7.39. The number of hydrazone groups is 1. The molecule has 1 aromatic carbocycles. The number of furan rings is 1. The van der Waals surface area contributed by atoms with Crippen LogP contribution in [0.4, 0.5) is 5.69 Å². The number of nitrogens with one attached hydrogen (secondary N) is 1. The average Bonchev–Trinajstić information content (AvgIpc) is 2.94. The van der Waals surface area contributed by atoms with Crippen LogP contribution in [0.1, 0.15) is 35.7 Å². The number of carbonyl (C=O) groups is 1. The second kappa shape index (κ2) is 7.45. The molecule has 2 rings (SSSR count). The molecule has 0 radical (unpaired) electrons. The summed E-state index contributed by atoms with van der Waals surface area (Å²) in [5, 5.41) is 3.89. The van der Waals surface area contributed by atoms with Crippen molar-refractivity contribution in [3.63, 3.8) is 0 Å². The quantitative estimate of drug-likeness (QED) is 0.658. The highest BCUT2D eigenvalue weighted by Crippen LogP contribution is 2.14. The third kappa shape index (κ3) is 3.97. The first kappa shape index (κ1) is 15.8. The van der Waals surface area contributed by atoms with Crippen molar-refractivity contribution in [1.82, 2.24) is 5.43 Å². The normalized spacial score (nSPS) is 10.9. The molecule has 0 unspecified atom stereocenters. The molecule has 0 aliphatic heterocycles. The Hall–Kier alpha value is -2.56. The van der Waals surface area contributed by atoms with Crippen molar-refractivity contribution >= 4 is 17.8 Å². The summed E-state index contributed by atoms with van der Waals surface area (Å²) in [5.74, 6) is 1.17. The number of nitrogens with zero attached hydrogens (tertiary/aromatic N) is 2. The minimum absolute atomic E-state index is 0.245. The monoisotopic (exact) mass is 299 g/mol. The van der Waals surface area contributed by atoms with E-state index in [2.05, 4.69) is 29.3 Å². The van der Waals surface area contributed by atoms with Gasteiger partial charge < -0.3 is 9.32 Å². The van der Waals surface area contributed by atoms with Gasteiger partial charge in [-0.15, -0.1) is 0 Å². The highest BCUT2D eigenvalue weighted by molar-refractivity contribution is 5.95. The minimum atomic E-state index is -0.245. The Kier molecular flexibility index (Phi) is 5.36. The van der Waals surface area contributed by atoms with Gasteiger partial charge >= 0.3 is 0 Å². The molecular weight excluding hydrogens is 278 g/mol. The molecule has 0 spiro atoms. The van der Waals surface area contributed by atoms with Crippen molar-refractivity contribution in [1.29, 1.82) is 0 Å². The molecule has 1 N–H and O–H groups in total. The van der Waals surface area contributed by atoms with Crippen molar-refractivity contribution in [2.24, 2.45) is 5.10 Å².